The van der Waals surface area contributed by atoms with Crippen LogP contribution in [-0.2, 0) is 9.53 Å². The molecule has 0 aromatic rings. The zero-order valence-corrected chi connectivity index (χ0v) is 14.8. The Morgan fingerprint density at radius 3 is 3.00 bits per heavy atom. The fraction of sp³-hybridized carbons (Fsp3) is 0.706. The van der Waals surface area contributed by atoms with Crippen LogP contribution in [0.15, 0.2) is 22.3 Å². The molecule has 1 aliphatic rings. The molecule has 0 amide bonds. The number of unbranched alkanes of at least 4 members (excludes halogenated alkanes) is 1. The maximum atomic E-state index is 11.8. The summed E-state index contributed by atoms with van der Waals surface area (Å²) in [5.74, 6) is 1.25. The van der Waals surface area contributed by atoms with Crippen molar-refractivity contribution in [2.24, 2.45) is 11.8 Å². The van der Waals surface area contributed by atoms with Crippen molar-refractivity contribution in [3.05, 3.63) is 22.3 Å². The molecule has 0 saturated heterocycles. The standard InChI is InChI=1S/C17H27IO2/c1-3-14(2)7-4-5-10-17(19)20-16-9-6-8-15(13-16)11-12-18/h6,9,11-12,14-16H,3-5,7-8,10,13H2,1-2H3/b12-11-/t14-,15-,16-/m0/s1. The smallest absolute Gasteiger partial charge is 0.306 e. The highest BCUT2D eigenvalue weighted by molar-refractivity contribution is 14.1. The van der Waals surface area contributed by atoms with E-state index in [1.165, 1.54) is 12.8 Å². The Kier molecular flexibility index (Phi) is 9.23. The molecule has 2 nitrogen and oxygen atoms in total. The van der Waals surface area contributed by atoms with E-state index in [-0.39, 0.29) is 12.1 Å². The van der Waals surface area contributed by atoms with Crippen LogP contribution in [0.25, 0.3) is 0 Å². The minimum absolute atomic E-state index is 0.0246. The molecule has 0 N–H and O–H groups in total. The van der Waals surface area contributed by atoms with Crippen LogP contribution in [0.1, 0.15) is 58.8 Å². The summed E-state index contributed by atoms with van der Waals surface area (Å²) < 4.78 is 7.59. The number of halogens is 1. The lowest BCUT2D eigenvalue weighted by Crippen LogP contribution is -2.21. The number of ether oxygens (including phenoxy) is 1. The van der Waals surface area contributed by atoms with Gasteiger partial charge >= 0.3 is 5.97 Å². The van der Waals surface area contributed by atoms with Gasteiger partial charge in [-0.2, -0.15) is 0 Å². The molecule has 114 valence electrons. The van der Waals surface area contributed by atoms with E-state index in [4.69, 9.17) is 4.74 Å². The molecule has 0 saturated carbocycles. The minimum atomic E-state index is -0.0390. The summed E-state index contributed by atoms with van der Waals surface area (Å²) in [6.07, 6.45) is 13.4. The van der Waals surface area contributed by atoms with E-state index in [9.17, 15) is 4.79 Å². The number of hydrogen-bond acceptors (Lipinski definition) is 2. The molecule has 1 rings (SSSR count). The molecule has 0 radical (unpaired) electrons. The van der Waals surface area contributed by atoms with Crippen LogP contribution in [0.3, 0.4) is 0 Å². The molecule has 20 heavy (non-hydrogen) atoms. The third-order valence-corrected chi connectivity index (χ3v) is 4.39. The number of allylic oxidation sites excluding steroid dienone is 2. The number of esters is 1. The molecule has 0 aromatic carbocycles. The lowest BCUT2D eigenvalue weighted by molar-refractivity contribution is -0.147. The Morgan fingerprint density at radius 1 is 1.50 bits per heavy atom. The van der Waals surface area contributed by atoms with Gasteiger partial charge in [-0.3, -0.25) is 4.79 Å². The average molecular weight is 390 g/mol. The molecule has 0 heterocycles. The van der Waals surface area contributed by atoms with Gasteiger partial charge < -0.3 is 4.74 Å². The van der Waals surface area contributed by atoms with Gasteiger partial charge in [-0.25, -0.2) is 0 Å². The highest BCUT2D eigenvalue weighted by Gasteiger charge is 2.19. The average Bonchev–Trinajstić information content (AvgIpc) is 2.44. The molecule has 0 unspecified atom stereocenters. The second-order valence-corrected chi connectivity index (χ2v) is 6.48. The number of carbonyl (C=O) groups excluding carboxylic acids is 1. The van der Waals surface area contributed by atoms with Crippen LogP contribution < -0.4 is 0 Å². The molecule has 0 aromatic heterocycles. The Morgan fingerprint density at radius 2 is 2.30 bits per heavy atom. The summed E-state index contributed by atoms with van der Waals surface area (Å²) in [6, 6.07) is 0. The van der Waals surface area contributed by atoms with Gasteiger partial charge in [-0.15, -0.1) is 0 Å². The Balaban J connectivity index is 2.18. The third kappa shape index (κ3) is 7.46. The van der Waals surface area contributed by atoms with Gasteiger partial charge in [0.25, 0.3) is 0 Å². The van der Waals surface area contributed by atoms with Gasteiger partial charge in [-0.05, 0) is 41.3 Å². The van der Waals surface area contributed by atoms with Crippen molar-refractivity contribution in [3.8, 4) is 0 Å². The van der Waals surface area contributed by atoms with Crippen molar-refractivity contribution in [2.75, 3.05) is 0 Å². The predicted molar refractivity (Wildman–Crippen MR) is 92.8 cm³/mol. The quantitative estimate of drug-likeness (QED) is 0.239. The van der Waals surface area contributed by atoms with Crippen molar-refractivity contribution in [2.45, 2.75) is 64.9 Å². The van der Waals surface area contributed by atoms with Gasteiger partial charge in [0.1, 0.15) is 6.10 Å². The topological polar surface area (TPSA) is 26.3 Å². The van der Waals surface area contributed by atoms with E-state index >= 15 is 0 Å². The van der Waals surface area contributed by atoms with Gasteiger partial charge in [0.05, 0.1) is 0 Å². The van der Waals surface area contributed by atoms with Crippen LogP contribution in [0, 0.1) is 11.8 Å². The first-order valence-electron chi connectivity index (χ1n) is 7.78. The van der Waals surface area contributed by atoms with Crippen molar-refractivity contribution in [1.29, 1.82) is 0 Å². The molecule has 3 heteroatoms. The van der Waals surface area contributed by atoms with Gasteiger partial charge in [0.15, 0.2) is 0 Å². The van der Waals surface area contributed by atoms with E-state index in [2.05, 4.69) is 52.7 Å². The summed E-state index contributed by atoms with van der Waals surface area (Å²) in [6.45, 7) is 4.49. The van der Waals surface area contributed by atoms with Gasteiger partial charge in [0.2, 0.25) is 0 Å². The van der Waals surface area contributed by atoms with Crippen LogP contribution in [0.2, 0.25) is 0 Å². The summed E-state index contributed by atoms with van der Waals surface area (Å²) >= 11 is 2.24. The van der Waals surface area contributed by atoms with E-state index in [1.54, 1.807) is 0 Å². The first-order chi connectivity index (χ1) is 9.65. The highest BCUT2D eigenvalue weighted by Crippen LogP contribution is 2.23. The second kappa shape index (κ2) is 10.4. The fourth-order valence-electron chi connectivity index (χ4n) is 2.42. The summed E-state index contributed by atoms with van der Waals surface area (Å²) in [4.78, 5) is 11.8. The van der Waals surface area contributed by atoms with Crippen molar-refractivity contribution < 1.29 is 9.53 Å². The molecule has 0 aliphatic heterocycles. The minimum Gasteiger partial charge on any atom is -0.458 e. The van der Waals surface area contributed by atoms with Gasteiger partial charge in [-0.1, -0.05) is 67.9 Å². The van der Waals surface area contributed by atoms with E-state index in [0.29, 0.717) is 12.3 Å². The van der Waals surface area contributed by atoms with Crippen LogP contribution >= 0.6 is 22.6 Å². The molecular weight excluding hydrogens is 363 g/mol. The van der Waals surface area contributed by atoms with Crippen molar-refractivity contribution in [1.82, 2.24) is 0 Å². The maximum Gasteiger partial charge on any atom is 0.306 e. The first-order valence-corrected chi connectivity index (χ1v) is 9.03. The Hall–Kier alpha value is -0.320. The number of rotatable bonds is 8. The van der Waals surface area contributed by atoms with Crippen LogP contribution in [0.5, 0.6) is 0 Å². The van der Waals surface area contributed by atoms with Crippen LogP contribution in [0.4, 0.5) is 0 Å². The van der Waals surface area contributed by atoms with Crippen LogP contribution in [-0.4, -0.2) is 12.1 Å². The SMILES string of the molecule is CC[C@H](C)CCCCC(=O)O[C@H]1C=CC[C@@H](/C=C\I)C1. The number of carbonyl (C=O) groups is 1. The highest BCUT2D eigenvalue weighted by atomic mass is 127. The second-order valence-electron chi connectivity index (χ2n) is 5.77. The Labute approximate surface area is 137 Å². The number of hydrogen-bond donors (Lipinski definition) is 0. The van der Waals surface area contributed by atoms with E-state index < -0.39 is 0 Å². The normalized spacial score (nSPS) is 23.9. The largest absolute Gasteiger partial charge is 0.458 e. The maximum absolute atomic E-state index is 11.8. The third-order valence-electron chi connectivity index (χ3n) is 3.98. The Bertz CT molecular complexity index is 336. The van der Waals surface area contributed by atoms with Crippen molar-refractivity contribution >= 4 is 28.6 Å². The molecular formula is C17H27IO2. The molecule has 1 aliphatic carbocycles. The predicted octanol–water partition coefficient (Wildman–Crippen LogP) is 5.42. The zero-order valence-electron chi connectivity index (χ0n) is 12.7. The molecule has 3 atom stereocenters. The van der Waals surface area contributed by atoms with Gasteiger partial charge in [0, 0.05) is 6.42 Å². The molecule has 0 fully saturated rings. The first kappa shape index (κ1) is 17.7. The molecule has 0 spiro atoms. The lowest BCUT2D eigenvalue weighted by atomic mass is 9.93. The van der Waals surface area contributed by atoms with Crippen molar-refractivity contribution in [3.63, 3.8) is 0 Å². The lowest BCUT2D eigenvalue weighted by Gasteiger charge is -2.22. The fourth-order valence-corrected chi connectivity index (χ4v) is 3.01. The summed E-state index contributed by atoms with van der Waals surface area (Å²) in [7, 11) is 0. The van der Waals surface area contributed by atoms with E-state index in [1.807, 2.05) is 6.08 Å². The zero-order chi connectivity index (χ0) is 14.8. The summed E-state index contributed by atoms with van der Waals surface area (Å²) in [5, 5.41) is 0. The summed E-state index contributed by atoms with van der Waals surface area (Å²) in [5.41, 5.74) is 0. The molecule has 0 bridgehead atoms. The monoisotopic (exact) mass is 390 g/mol. The van der Waals surface area contributed by atoms with E-state index in [0.717, 1.165) is 31.6 Å².